The lowest BCUT2D eigenvalue weighted by Gasteiger charge is -2.22. The fourth-order valence-electron chi connectivity index (χ4n) is 2.67. The van der Waals surface area contributed by atoms with Crippen LogP contribution in [0.1, 0.15) is 30.6 Å². The minimum atomic E-state index is -1.06. The minimum absolute atomic E-state index is 0.0272. The highest BCUT2D eigenvalue weighted by Gasteiger charge is 2.41. The molecule has 1 aromatic rings. The van der Waals surface area contributed by atoms with Crippen LogP contribution in [0.3, 0.4) is 0 Å². The summed E-state index contributed by atoms with van der Waals surface area (Å²) < 4.78 is 10.1. The summed E-state index contributed by atoms with van der Waals surface area (Å²) >= 11 is 0. The maximum Gasteiger partial charge on any atom is 0.410 e. The topological polar surface area (TPSA) is 136 Å². The molecule has 1 aromatic carbocycles. The Labute approximate surface area is 161 Å². The summed E-state index contributed by atoms with van der Waals surface area (Å²) in [5, 5.41) is 20.6. The number of benzene rings is 1. The van der Waals surface area contributed by atoms with E-state index in [9.17, 15) is 29.6 Å². The third-order valence-electron chi connectivity index (χ3n) is 4.05. The summed E-state index contributed by atoms with van der Waals surface area (Å²) in [6, 6.07) is 3.99. The van der Waals surface area contributed by atoms with Crippen molar-refractivity contribution in [1.82, 2.24) is 4.90 Å². The monoisotopic (exact) mass is 394 g/mol. The van der Waals surface area contributed by atoms with Crippen molar-refractivity contribution in [2.45, 2.75) is 32.4 Å². The van der Waals surface area contributed by atoms with Crippen molar-refractivity contribution in [2.75, 3.05) is 19.8 Å². The second kappa shape index (κ2) is 9.27. The van der Waals surface area contributed by atoms with Gasteiger partial charge >= 0.3 is 12.1 Å². The number of nitro groups is 1. The fourth-order valence-corrected chi connectivity index (χ4v) is 2.67. The number of aliphatic hydroxyl groups excluding tert-OH is 1. The molecule has 2 rings (SSSR count). The van der Waals surface area contributed by atoms with Crippen molar-refractivity contribution in [2.24, 2.45) is 5.92 Å². The molecule has 2 atom stereocenters. The molecule has 152 valence electrons. The number of carbonyl (C=O) groups is 3. The number of nitrogens with zero attached hydrogens (tertiary/aromatic N) is 2. The van der Waals surface area contributed by atoms with Gasteiger partial charge in [-0.05, 0) is 5.92 Å². The number of ketones is 1. The Bertz CT molecular complexity index is 764. The lowest BCUT2D eigenvalue weighted by molar-refractivity contribution is -0.384. The number of rotatable bonds is 7. The molecule has 0 bridgehead atoms. The first kappa shape index (κ1) is 21.3. The number of hydrogen-bond acceptors (Lipinski definition) is 8. The zero-order chi connectivity index (χ0) is 20.8. The molecule has 0 aromatic heterocycles. The second-order valence-corrected chi connectivity index (χ2v) is 6.87. The molecular formula is C18H22N2O8. The van der Waals surface area contributed by atoms with E-state index in [-0.39, 0.29) is 36.7 Å². The number of likely N-dealkylation sites (tertiary alicyclic amines) is 1. The third-order valence-corrected chi connectivity index (χ3v) is 4.05. The predicted molar refractivity (Wildman–Crippen MR) is 95.7 cm³/mol. The molecule has 28 heavy (non-hydrogen) atoms. The summed E-state index contributed by atoms with van der Waals surface area (Å²) in [5.41, 5.74) is -0.225. The highest BCUT2D eigenvalue weighted by atomic mass is 16.6. The van der Waals surface area contributed by atoms with Gasteiger partial charge in [0.25, 0.3) is 5.69 Å². The number of hydrogen-bond donors (Lipinski definition) is 1. The average Bonchev–Trinajstić information content (AvgIpc) is 3.05. The number of ether oxygens (including phenoxy) is 2. The molecule has 1 aliphatic heterocycles. The molecule has 1 fully saturated rings. The molecule has 0 radical (unpaired) electrons. The van der Waals surface area contributed by atoms with Gasteiger partial charge in [-0.25, -0.2) is 9.59 Å². The van der Waals surface area contributed by atoms with Crippen molar-refractivity contribution in [3.8, 4) is 0 Å². The first-order valence-electron chi connectivity index (χ1n) is 8.74. The van der Waals surface area contributed by atoms with Gasteiger partial charge in [0.2, 0.25) is 5.78 Å². The Morgan fingerprint density at radius 3 is 2.68 bits per heavy atom. The number of aliphatic hydroxyl groups is 1. The highest BCUT2D eigenvalue weighted by Crippen LogP contribution is 2.21. The summed E-state index contributed by atoms with van der Waals surface area (Å²) in [4.78, 5) is 47.8. The van der Waals surface area contributed by atoms with Crippen molar-refractivity contribution in [1.29, 1.82) is 0 Å². The van der Waals surface area contributed by atoms with Crippen LogP contribution < -0.4 is 0 Å². The van der Waals surface area contributed by atoms with Gasteiger partial charge < -0.3 is 14.6 Å². The average molecular weight is 394 g/mol. The van der Waals surface area contributed by atoms with Gasteiger partial charge in [0.1, 0.15) is 6.04 Å². The summed E-state index contributed by atoms with van der Waals surface area (Å²) in [6.45, 7) is 3.17. The number of non-ortho nitro benzene ring substituents is 1. The Morgan fingerprint density at radius 1 is 1.32 bits per heavy atom. The second-order valence-electron chi connectivity index (χ2n) is 6.87. The van der Waals surface area contributed by atoms with Crippen LogP contribution in [0.25, 0.3) is 0 Å². The molecule has 0 aliphatic carbocycles. The number of β-amino-alcohol motifs (C(OH)–C–C–N with tert-alkyl or cyclic N) is 1. The van der Waals surface area contributed by atoms with Crippen molar-refractivity contribution in [3.05, 3.63) is 39.9 Å². The van der Waals surface area contributed by atoms with Gasteiger partial charge in [0.05, 0.1) is 24.2 Å². The standard InChI is InChI=1S/C18H22N2O8/c1-11(2)9-28-18(24)19-8-14(21)7-15(19)17(23)27-10-16(22)12-4-3-5-13(6-12)20(25)26/h3-6,11,14-15,21H,7-10H2,1-2H3/t14-,15+/m1/s1. The van der Waals surface area contributed by atoms with Crippen LogP contribution in [0.15, 0.2) is 24.3 Å². The van der Waals surface area contributed by atoms with Crippen molar-refractivity contribution < 1.29 is 33.9 Å². The fraction of sp³-hybridized carbons (Fsp3) is 0.500. The van der Waals surface area contributed by atoms with Crippen LogP contribution in [0.5, 0.6) is 0 Å². The summed E-state index contributed by atoms with van der Waals surface area (Å²) in [5.74, 6) is -1.37. The number of Topliss-reactive ketones (excluding diaryl/α,β-unsaturated/α-hetero) is 1. The molecule has 0 spiro atoms. The summed E-state index contributed by atoms with van der Waals surface area (Å²) in [7, 11) is 0. The van der Waals surface area contributed by atoms with Crippen LogP contribution >= 0.6 is 0 Å². The van der Waals surface area contributed by atoms with E-state index >= 15 is 0 Å². The van der Waals surface area contributed by atoms with Gasteiger partial charge in [0, 0.05) is 24.1 Å². The number of nitro benzene ring substituents is 1. The number of amides is 1. The largest absolute Gasteiger partial charge is 0.456 e. The zero-order valence-corrected chi connectivity index (χ0v) is 15.6. The van der Waals surface area contributed by atoms with Crippen LogP contribution in [-0.4, -0.2) is 64.7 Å². The molecule has 0 saturated carbocycles. The smallest absolute Gasteiger partial charge is 0.410 e. The van der Waals surface area contributed by atoms with Gasteiger partial charge in [0.15, 0.2) is 6.61 Å². The molecular weight excluding hydrogens is 372 g/mol. The van der Waals surface area contributed by atoms with Crippen molar-refractivity contribution >= 4 is 23.5 Å². The van der Waals surface area contributed by atoms with E-state index in [1.807, 2.05) is 13.8 Å². The van der Waals surface area contributed by atoms with E-state index < -0.39 is 41.5 Å². The molecule has 1 saturated heterocycles. The Hall–Kier alpha value is -3.01. The van der Waals surface area contributed by atoms with E-state index in [4.69, 9.17) is 9.47 Å². The summed E-state index contributed by atoms with van der Waals surface area (Å²) in [6.07, 6.45) is -1.67. The highest BCUT2D eigenvalue weighted by molar-refractivity contribution is 5.98. The maximum absolute atomic E-state index is 12.3. The van der Waals surface area contributed by atoms with E-state index in [2.05, 4.69) is 0 Å². The molecule has 10 nitrogen and oxygen atoms in total. The van der Waals surface area contributed by atoms with Gasteiger partial charge in [-0.2, -0.15) is 0 Å². The van der Waals surface area contributed by atoms with Crippen molar-refractivity contribution in [3.63, 3.8) is 0 Å². The predicted octanol–water partition coefficient (Wildman–Crippen LogP) is 1.55. The van der Waals surface area contributed by atoms with E-state index in [0.717, 1.165) is 11.0 Å². The Morgan fingerprint density at radius 2 is 2.04 bits per heavy atom. The molecule has 1 amide bonds. The van der Waals surface area contributed by atoms with Crippen LogP contribution in [-0.2, 0) is 14.3 Å². The maximum atomic E-state index is 12.3. The lowest BCUT2D eigenvalue weighted by atomic mass is 10.1. The number of esters is 1. The molecule has 1 N–H and O–H groups in total. The Balaban J connectivity index is 1.97. The molecule has 1 heterocycles. The third kappa shape index (κ3) is 5.49. The SMILES string of the molecule is CC(C)COC(=O)N1C[C@H](O)C[C@H]1C(=O)OCC(=O)c1cccc([N+](=O)[O-])c1. The van der Waals surface area contributed by atoms with E-state index in [1.54, 1.807) is 0 Å². The zero-order valence-electron chi connectivity index (χ0n) is 15.6. The van der Waals surface area contributed by atoms with Crippen LogP contribution in [0.4, 0.5) is 10.5 Å². The first-order valence-corrected chi connectivity index (χ1v) is 8.74. The lowest BCUT2D eigenvalue weighted by Crippen LogP contribution is -2.42. The quantitative estimate of drug-likeness (QED) is 0.318. The minimum Gasteiger partial charge on any atom is -0.456 e. The van der Waals surface area contributed by atoms with E-state index in [0.29, 0.717) is 0 Å². The normalized spacial score (nSPS) is 18.8. The molecule has 0 unspecified atom stereocenters. The number of carbonyl (C=O) groups excluding carboxylic acids is 3. The van der Waals surface area contributed by atoms with Gasteiger partial charge in [-0.15, -0.1) is 0 Å². The van der Waals surface area contributed by atoms with Gasteiger partial charge in [-0.3, -0.25) is 19.8 Å². The molecule has 1 aliphatic rings. The Kier molecular flexibility index (Phi) is 7.05. The van der Waals surface area contributed by atoms with E-state index in [1.165, 1.54) is 18.2 Å². The first-order chi connectivity index (χ1) is 13.2. The van der Waals surface area contributed by atoms with Crippen LogP contribution in [0.2, 0.25) is 0 Å². The van der Waals surface area contributed by atoms with Crippen LogP contribution in [0, 0.1) is 16.0 Å². The molecule has 10 heteroatoms. The van der Waals surface area contributed by atoms with Gasteiger partial charge in [-0.1, -0.05) is 26.0 Å².